The second-order valence-corrected chi connectivity index (χ2v) is 6.07. The average Bonchev–Trinajstić information content (AvgIpc) is 1.77. The number of hydrogen-bond acceptors (Lipinski definition) is 1. The summed E-state index contributed by atoms with van der Waals surface area (Å²) in [5.41, 5.74) is 1.56. The topological polar surface area (TPSA) is 12.4 Å². The van der Waals surface area contributed by atoms with Crippen molar-refractivity contribution in [1.82, 2.24) is 0 Å². The van der Waals surface area contributed by atoms with Crippen LogP contribution in [-0.4, -0.2) is 11.3 Å². The molecule has 0 radical (unpaired) electrons. The van der Waals surface area contributed by atoms with Crippen LogP contribution in [0.3, 0.4) is 0 Å². The van der Waals surface area contributed by atoms with E-state index in [1.165, 1.54) is 5.71 Å². The predicted octanol–water partition coefficient (Wildman–Crippen LogP) is 3.93. The minimum atomic E-state index is 0.0485. The van der Waals surface area contributed by atoms with Gasteiger partial charge in [-0.05, 0) is 26.7 Å². The minimum absolute atomic E-state index is 0.0485. The fraction of sp³-hybridized carbons (Fsp3) is 0.917. The average molecular weight is 183 g/mol. The third-order valence-corrected chi connectivity index (χ3v) is 1.77. The molecule has 0 spiro atoms. The molecule has 0 amide bonds. The van der Waals surface area contributed by atoms with E-state index in [1.807, 2.05) is 0 Å². The molecule has 0 unspecified atom stereocenters. The van der Waals surface area contributed by atoms with E-state index in [0.717, 1.165) is 0 Å². The monoisotopic (exact) mass is 183 g/mol. The molecule has 0 aromatic heterocycles. The highest BCUT2D eigenvalue weighted by molar-refractivity contribution is 5.91. The van der Waals surface area contributed by atoms with Crippen molar-refractivity contribution in [2.75, 3.05) is 0 Å². The van der Waals surface area contributed by atoms with Gasteiger partial charge in [-0.25, -0.2) is 0 Å². The van der Waals surface area contributed by atoms with Crippen molar-refractivity contribution in [2.24, 2.45) is 16.3 Å². The Morgan fingerprint density at radius 3 is 1.38 bits per heavy atom. The molecule has 0 saturated carbocycles. The van der Waals surface area contributed by atoms with Crippen LogP contribution in [0, 0.1) is 11.3 Å². The molecule has 1 nitrogen and oxygen atoms in total. The SMILES string of the molecule is CC(C)/C(=N/C(C)(C)C)C(C)(C)C. The van der Waals surface area contributed by atoms with E-state index >= 15 is 0 Å². The van der Waals surface area contributed by atoms with E-state index in [1.54, 1.807) is 0 Å². The first-order valence-corrected chi connectivity index (χ1v) is 5.14. The predicted molar refractivity (Wildman–Crippen MR) is 61.5 cm³/mol. The zero-order valence-corrected chi connectivity index (χ0v) is 10.5. The number of rotatable bonds is 1. The van der Waals surface area contributed by atoms with E-state index in [2.05, 4.69) is 55.4 Å². The molecule has 0 aliphatic heterocycles. The lowest BCUT2D eigenvalue weighted by Gasteiger charge is -2.28. The summed E-state index contributed by atoms with van der Waals surface area (Å²) < 4.78 is 0. The summed E-state index contributed by atoms with van der Waals surface area (Å²) in [7, 11) is 0. The van der Waals surface area contributed by atoms with Crippen LogP contribution in [-0.2, 0) is 0 Å². The lowest BCUT2D eigenvalue weighted by molar-refractivity contribution is 0.514. The molecule has 13 heavy (non-hydrogen) atoms. The van der Waals surface area contributed by atoms with Gasteiger partial charge < -0.3 is 0 Å². The highest BCUT2D eigenvalue weighted by atomic mass is 14.9. The van der Waals surface area contributed by atoms with Crippen LogP contribution in [0.1, 0.15) is 55.4 Å². The molecule has 0 aliphatic carbocycles. The van der Waals surface area contributed by atoms with Crippen LogP contribution in [0.4, 0.5) is 0 Å². The Morgan fingerprint density at radius 1 is 0.923 bits per heavy atom. The fourth-order valence-corrected chi connectivity index (χ4v) is 1.52. The molecule has 0 fully saturated rings. The van der Waals surface area contributed by atoms with Crippen LogP contribution in [0.5, 0.6) is 0 Å². The maximum Gasteiger partial charge on any atom is 0.0523 e. The molecule has 0 heterocycles. The fourth-order valence-electron chi connectivity index (χ4n) is 1.52. The molecule has 0 bridgehead atoms. The Labute approximate surface area is 83.6 Å². The maximum absolute atomic E-state index is 4.80. The molecular formula is C12H25N. The molecule has 0 aromatic carbocycles. The van der Waals surface area contributed by atoms with Gasteiger partial charge >= 0.3 is 0 Å². The van der Waals surface area contributed by atoms with E-state index in [4.69, 9.17) is 4.99 Å². The maximum atomic E-state index is 4.80. The van der Waals surface area contributed by atoms with E-state index in [0.29, 0.717) is 5.92 Å². The second kappa shape index (κ2) is 3.81. The largest absolute Gasteiger partial charge is 0.288 e. The normalized spacial score (nSPS) is 15.3. The van der Waals surface area contributed by atoms with Crippen molar-refractivity contribution < 1.29 is 0 Å². The molecule has 0 N–H and O–H groups in total. The lowest BCUT2D eigenvalue weighted by Crippen LogP contribution is -2.29. The zero-order chi connectivity index (χ0) is 10.9. The second-order valence-electron chi connectivity index (χ2n) is 6.07. The Hall–Kier alpha value is -0.330. The van der Waals surface area contributed by atoms with Crippen molar-refractivity contribution >= 4 is 5.71 Å². The van der Waals surface area contributed by atoms with Gasteiger partial charge in [0.15, 0.2) is 0 Å². The van der Waals surface area contributed by atoms with Crippen molar-refractivity contribution in [2.45, 2.75) is 60.9 Å². The van der Waals surface area contributed by atoms with E-state index < -0.39 is 0 Å². The van der Waals surface area contributed by atoms with Gasteiger partial charge in [0.05, 0.1) is 5.54 Å². The number of nitrogens with zero attached hydrogens (tertiary/aromatic N) is 1. The molecular weight excluding hydrogens is 158 g/mol. The van der Waals surface area contributed by atoms with E-state index in [9.17, 15) is 0 Å². The Balaban J connectivity index is 4.95. The number of hydrogen-bond donors (Lipinski definition) is 0. The van der Waals surface area contributed by atoms with Gasteiger partial charge in [0.25, 0.3) is 0 Å². The Bertz CT molecular complexity index is 186. The molecule has 0 aliphatic rings. The van der Waals surface area contributed by atoms with Crippen LogP contribution < -0.4 is 0 Å². The first-order valence-electron chi connectivity index (χ1n) is 5.14. The summed E-state index contributed by atoms with van der Waals surface area (Å²) in [5.74, 6) is 0.541. The highest BCUT2D eigenvalue weighted by Gasteiger charge is 2.23. The number of aliphatic imine (C=N–C) groups is 1. The summed E-state index contributed by atoms with van der Waals surface area (Å²) in [6, 6.07) is 0. The quantitative estimate of drug-likeness (QED) is 0.546. The smallest absolute Gasteiger partial charge is 0.0523 e. The van der Waals surface area contributed by atoms with Crippen LogP contribution in [0.15, 0.2) is 4.99 Å². The van der Waals surface area contributed by atoms with E-state index in [-0.39, 0.29) is 11.0 Å². The molecule has 1 heteroatoms. The summed E-state index contributed by atoms with van der Waals surface area (Å²) >= 11 is 0. The van der Waals surface area contributed by atoms with Crippen LogP contribution in [0.2, 0.25) is 0 Å². The Kier molecular flexibility index (Phi) is 3.71. The first-order chi connectivity index (χ1) is 5.54. The summed E-state index contributed by atoms with van der Waals surface area (Å²) in [6.07, 6.45) is 0. The van der Waals surface area contributed by atoms with Gasteiger partial charge in [0, 0.05) is 11.1 Å². The van der Waals surface area contributed by atoms with Gasteiger partial charge in [-0.3, -0.25) is 4.99 Å². The van der Waals surface area contributed by atoms with Crippen LogP contribution in [0.25, 0.3) is 0 Å². The van der Waals surface area contributed by atoms with Gasteiger partial charge in [-0.15, -0.1) is 0 Å². The van der Waals surface area contributed by atoms with Crippen molar-refractivity contribution in [3.63, 3.8) is 0 Å². The van der Waals surface area contributed by atoms with Gasteiger partial charge in [0.2, 0.25) is 0 Å². The van der Waals surface area contributed by atoms with Gasteiger partial charge in [0.1, 0.15) is 0 Å². The third kappa shape index (κ3) is 5.07. The molecule has 0 rings (SSSR count). The first kappa shape index (κ1) is 12.7. The van der Waals surface area contributed by atoms with Crippen LogP contribution >= 0.6 is 0 Å². The summed E-state index contributed by atoms with van der Waals surface area (Å²) in [6.45, 7) is 17.6. The molecule has 0 saturated heterocycles. The van der Waals surface area contributed by atoms with Crippen molar-refractivity contribution in [3.05, 3.63) is 0 Å². The minimum Gasteiger partial charge on any atom is -0.288 e. The summed E-state index contributed by atoms with van der Waals surface area (Å²) in [5, 5.41) is 0. The Morgan fingerprint density at radius 2 is 1.31 bits per heavy atom. The highest BCUT2D eigenvalue weighted by Crippen LogP contribution is 2.24. The third-order valence-electron chi connectivity index (χ3n) is 1.77. The molecule has 0 atom stereocenters. The van der Waals surface area contributed by atoms with Crippen molar-refractivity contribution in [1.29, 1.82) is 0 Å². The molecule has 0 aromatic rings. The van der Waals surface area contributed by atoms with Gasteiger partial charge in [-0.1, -0.05) is 34.6 Å². The zero-order valence-electron chi connectivity index (χ0n) is 10.5. The van der Waals surface area contributed by atoms with Gasteiger partial charge in [-0.2, -0.15) is 0 Å². The molecule has 78 valence electrons. The standard InChI is InChI=1S/C12H25N/c1-9(2)10(11(3,4)5)13-12(6,7)8/h9H,1-8H3/b13-10-. The van der Waals surface area contributed by atoms with Crippen molar-refractivity contribution in [3.8, 4) is 0 Å². The lowest BCUT2D eigenvalue weighted by atomic mass is 9.83. The summed E-state index contributed by atoms with van der Waals surface area (Å²) in [4.78, 5) is 4.80.